The Morgan fingerprint density at radius 1 is 1.03 bits per heavy atom. The predicted molar refractivity (Wildman–Crippen MR) is 118 cm³/mol. The number of fused-ring (bicyclic) bond motifs is 2. The molecule has 2 amide bonds. The molecule has 2 bridgehead atoms. The number of nitrogens with one attached hydrogen (secondary N) is 1. The quantitative estimate of drug-likeness (QED) is 0.817. The van der Waals surface area contributed by atoms with E-state index in [1.54, 1.807) is 0 Å². The molecule has 0 spiro atoms. The minimum atomic E-state index is -0.0684. The van der Waals surface area contributed by atoms with Crippen LogP contribution in [0.25, 0.3) is 0 Å². The smallest absolute Gasteiger partial charge is 0.253 e. The van der Waals surface area contributed by atoms with Crippen LogP contribution < -0.4 is 5.32 Å². The first-order valence-electron chi connectivity index (χ1n) is 10.8. The van der Waals surface area contributed by atoms with Crippen molar-refractivity contribution in [1.29, 1.82) is 0 Å². The van der Waals surface area contributed by atoms with Crippen molar-refractivity contribution in [1.82, 2.24) is 15.1 Å². The molecule has 5 nitrogen and oxygen atoms in total. The maximum Gasteiger partial charge on any atom is 0.253 e. The number of aryl methyl sites for hydroxylation is 2. The lowest BCUT2D eigenvalue weighted by molar-refractivity contribution is -0.138. The normalized spacial score (nSPS) is 28.6. The van der Waals surface area contributed by atoms with Gasteiger partial charge in [-0.05, 0) is 64.5 Å². The van der Waals surface area contributed by atoms with Crippen LogP contribution in [0.1, 0.15) is 60.0 Å². The van der Waals surface area contributed by atoms with Crippen LogP contribution in [0.2, 0.25) is 0 Å². The molecule has 1 N–H and O–H groups in total. The number of piperidine rings is 2. The number of rotatable bonds is 3. The third-order valence-electron chi connectivity index (χ3n) is 6.87. The van der Waals surface area contributed by atoms with Gasteiger partial charge in [0.1, 0.15) is 0 Å². The Kier molecular flexibility index (Phi) is 6.90. The van der Waals surface area contributed by atoms with Crippen molar-refractivity contribution in [2.75, 3.05) is 20.1 Å². The first-order valence-corrected chi connectivity index (χ1v) is 10.8. The summed E-state index contributed by atoms with van der Waals surface area (Å²) in [6, 6.07) is 7.49. The molecule has 3 fully saturated rings. The zero-order valence-corrected chi connectivity index (χ0v) is 18.6. The molecule has 3 unspecified atom stereocenters. The highest BCUT2D eigenvalue weighted by atomic mass is 35.5. The van der Waals surface area contributed by atoms with E-state index in [0.717, 1.165) is 48.9 Å². The van der Waals surface area contributed by atoms with E-state index in [9.17, 15) is 9.59 Å². The van der Waals surface area contributed by atoms with E-state index >= 15 is 0 Å². The number of hydrogen-bond acceptors (Lipinski definition) is 3. The molecule has 3 heterocycles. The molecule has 1 aromatic carbocycles. The fourth-order valence-corrected chi connectivity index (χ4v) is 5.46. The lowest BCUT2D eigenvalue weighted by atomic mass is 9.93. The summed E-state index contributed by atoms with van der Waals surface area (Å²) in [4.78, 5) is 30.1. The second kappa shape index (κ2) is 9.05. The number of hydrogen-bond donors (Lipinski definition) is 1. The molecule has 6 heteroatoms. The van der Waals surface area contributed by atoms with E-state index in [0.29, 0.717) is 24.7 Å². The summed E-state index contributed by atoms with van der Waals surface area (Å²) in [6.45, 7) is 5.34. The number of carbonyl (C=O) groups is 2. The monoisotopic (exact) mass is 419 g/mol. The van der Waals surface area contributed by atoms with Crippen LogP contribution >= 0.6 is 12.4 Å². The summed E-state index contributed by atoms with van der Waals surface area (Å²) in [7, 11) is 1.97. The molecule has 3 aliphatic rings. The summed E-state index contributed by atoms with van der Waals surface area (Å²) in [5, 5.41) is 3.65. The maximum atomic E-state index is 13.2. The molecule has 3 aliphatic heterocycles. The Bertz CT molecular complexity index is 736. The zero-order chi connectivity index (χ0) is 19.8. The summed E-state index contributed by atoms with van der Waals surface area (Å²) >= 11 is 0. The van der Waals surface area contributed by atoms with Crippen LogP contribution in [0.15, 0.2) is 18.2 Å². The molecule has 0 aliphatic carbocycles. The average Bonchev–Trinajstić information content (AvgIpc) is 3.03. The Morgan fingerprint density at radius 2 is 1.66 bits per heavy atom. The predicted octanol–water partition coefficient (Wildman–Crippen LogP) is 3.32. The fourth-order valence-electron chi connectivity index (χ4n) is 5.46. The summed E-state index contributed by atoms with van der Waals surface area (Å²) in [5.41, 5.74) is 2.95. The first-order chi connectivity index (χ1) is 13.4. The topological polar surface area (TPSA) is 52.7 Å². The average molecular weight is 420 g/mol. The molecule has 0 radical (unpaired) electrons. The molecule has 0 aromatic heterocycles. The van der Waals surface area contributed by atoms with Gasteiger partial charge in [-0.2, -0.15) is 0 Å². The van der Waals surface area contributed by atoms with Gasteiger partial charge in [-0.25, -0.2) is 0 Å². The lowest BCUT2D eigenvalue weighted by Gasteiger charge is -2.39. The third-order valence-corrected chi connectivity index (χ3v) is 6.87. The number of likely N-dealkylation sites (tertiary alicyclic amines) is 1. The first kappa shape index (κ1) is 22.1. The van der Waals surface area contributed by atoms with Gasteiger partial charge in [-0.15, -0.1) is 12.4 Å². The SMILES string of the molecule is Cc1cc(C)cc(C(=O)N2CCCC(C(=O)N(C)C3CC4CCC(C3)N4)C2)c1.Cl. The van der Waals surface area contributed by atoms with E-state index < -0.39 is 0 Å². The second-order valence-corrected chi connectivity index (χ2v) is 9.18. The molecule has 4 rings (SSSR count). The largest absolute Gasteiger partial charge is 0.342 e. The van der Waals surface area contributed by atoms with Gasteiger partial charge in [-0.1, -0.05) is 17.2 Å². The highest BCUT2D eigenvalue weighted by Gasteiger charge is 2.38. The van der Waals surface area contributed by atoms with Crippen LogP contribution in [-0.2, 0) is 4.79 Å². The van der Waals surface area contributed by atoms with Crippen molar-refractivity contribution < 1.29 is 9.59 Å². The second-order valence-electron chi connectivity index (χ2n) is 9.18. The number of nitrogens with zero attached hydrogens (tertiary/aromatic N) is 2. The van der Waals surface area contributed by atoms with Gasteiger partial charge in [-0.3, -0.25) is 9.59 Å². The summed E-state index contributed by atoms with van der Waals surface area (Å²) < 4.78 is 0. The summed E-state index contributed by atoms with van der Waals surface area (Å²) in [5.74, 6) is 0.220. The number of halogens is 1. The lowest BCUT2D eigenvalue weighted by Crippen LogP contribution is -2.52. The highest BCUT2D eigenvalue weighted by molar-refractivity contribution is 5.95. The van der Waals surface area contributed by atoms with Gasteiger partial charge in [0.15, 0.2) is 0 Å². The molecule has 1 aromatic rings. The van der Waals surface area contributed by atoms with Crippen LogP contribution in [0.3, 0.4) is 0 Å². The molecular formula is C23H34ClN3O2. The van der Waals surface area contributed by atoms with E-state index in [2.05, 4.69) is 11.4 Å². The number of benzene rings is 1. The standard InChI is InChI=1S/C23H33N3O2.ClH/c1-15-9-16(2)11-18(10-15)23(28)26-8-4-5-17(14-26)22(27)25(3)21-12-19-6-7-20(13-21)24-19;/h9-11,17,19-21,24H,4-8,12-14H2,1-3H3;1H. The van der Waals surface area contributed by atoms with E-state index in [-0.39, 0.29) is 30.1 Å². The fraction of sp³-hybridized carbons (Fsp3) is 0.652. The molecule has 160 valence electrons. The molecule has 3 atom stereocenters. The van der Waals surface area contributed by atoms with E-state index in [4.69, 9.17) is 0 Å². The Labute approximate surface area is 180 Å². The van der Waals surface area contributed by atoms with Crippen LogP contribution in [-0.4, -0.2) is 59.9 Å². The Balaban J connectivity index is 0.00000240. The minimum absolute atomic E-state index is 0. The van der Waals surface area contributed by atoms with Gasteiger partial charge in [0.2, 0.25) is 5.91 Å². The highest BCUT2D eigenvalue weighted by Crippen LogP contribution is 2.31. The van der Waals surface area contributed by atoms with Crippen molar-refractivity contribution in [3.63, 3.8) is 0 Å². The summed E-state index contributed by atoms with van der Waals surface area (Å²) in [6.07, 6.45) is 6.40. The zero-order valence-electron chi connectivity index (χ0n) is 17.8. The Hall–Kier alpha value is -1.59. The Morgan fingerprint density at radius 3 is 2.28 bits per heavy atom. The van der Waals surface area contributed by atoms with Gasteiger partial charge in [0, 0.05) is 43.8 Å². The molecular weight excluding hydrogens is 386 g/mol. The van der Waals surface area contributed by atoms with E-state index in [1.165, 1.54) is 12.8 Å². The van der Waals surface area contributed by atoms with Crippen molar-refractivity contribution in [2.45, 2.75) is 70.5 Å². The minimum Gasteiger partial charge on any atom is -0.342 e. The van der Waals surface area contributed by atoms with Gasteiger partial charge >= 0.3 is 0 Å². The molecule has 3 saturated heterocycles. The van der Waals surface area contributed by atoms with Crippen molar-refractivity contribution in [3.05, 3.63) is 34.9 Å². The van der Waals surface area contributed by atoms with E-state index in [1.807, 2.05) is 42.8 Å². The van der Waals surface area contributed by atoms with Crippen LogP contribution in [0, 0.1) is 19.8 Å². The number of carbonyl (C=O) groups excluding carboxylic acids is 2. The maximum absolute atomic E-state index is 13.2. The van der Waals surface area contributed by atoms with Gasteiger partial charge in [0.05, 0.1) is 5.92 Å². The van der Waals surface area contributed by atoms with Crippen LogP contribution in [0.4, 0.5) is 0 Å². The van der Waals surface area contributed by atoms with Gasteiger partial charge in [0.25, 0.3) is 5.91 Å². The third kappa shape index (κ3) is 4.77. The van der Waals surface area contributed by atoms with Crippen molar-refractivity contribution >= 4 is 24.2 Å². The van der Waals surface area contributed by atoms with Crippen molar-refractivity contribution in [2.24, 2.45) is 5.92 Å². The molecule has 0 saturated carbocycles. The van der Waals surface area contributed by atoms with Gasteiger partial charge < -0.3 is 15.1 Å². The molecule has 29 heavy (non-hydrogen) atoms. The van der Waals surface area contributed by atoms with Crippen LogP contribution in [0.5, 0.6) is 0 Å². The van der Waals surface area contributed by atoms with Crippen molar-refractivity contribution in [3.8, 4) is 0 Å². The number of amides is 2.